The van der Waals surface area contributed by atoms with Gasteiger partial charge in [-0.1, -0.05) is 13.0 Å². The van der Waals surface area contributed by atoms with E-state index in [1.807, 2.05) is 6.07 Å². The third-order valence-corrected chi connectivity index (χ3v) is 3.98. The molecule has 1 aliphatic rings. The molecule has 1 amide bonds. The van der Waals surface area contributed by atoms with Crippen LogP contribution in [0.4, 0.5) is 11.4 Å². The van der Waals surface area contributed by atoms with Crippen molar-refractivity contribution in [1.82, 2.24) is 4.90 Å². The third kappa shape index (κ3) is 3.19. The number of anilines is 2. The average Bonchev–Trinajstić information content (AvgIpc) is 2.68. The van der Waals surface area contributed by atoms with Crippen molar-refractivity contribution in [3.05, 3.63) is 23.8 Å². The first kappa shape index (κ1) is 15.8. The normalized spacial score (nSPS) is 17.5. The molecular formula is C16H26N4O. The maximum Gasteiger partial charge on any atom is 0.248 e. The minimum Gasteiger partial charge on any atom is -0.370 e. The lowest BCUT2D eigenvalue weighted by Gasteiger charge is -2.27. The molecule has 5 heteroatoms. The Morgan fingerprint density at radius 1 is 1.24 bits per heavy atom. The second kappa shape index (κ2) is 6.45. The van der Waals surface area contributed by atoms with Crippen molar-refractivity contribution in [3.63, 3.8) is 0 Å². The predicted octanol–water partition coefficient (Wildman–Crippen LogP) is 1.44. The third-order valence-electron chi connectivity index (χ3n) is 3.98. The number of likely N-dealkylation sites (N-methyl/N-ethyl adjacent to an activating group) is 2. The summed E-state index contributed by atoms with van der Waals surface area (Å²) >= 11 is 0. The fraction of sp³-hybridized carbons (Fsp3) is 0.562. The Labute approximate surface area is 127 Å². The number of hydrogen-bond donors (Lipinski definition) is 1. The zero-order chi connectivity index (χ0) is 15.6. The lowest BCUT2D eigenvalue weighted by atomic mass is 10.1. The monoisotopic (exact) mass is 290 g/mol. The number of benzene rings is 1. The van der Waals surface area contributed by atoms with Crippen LogP contribution in [0.1, 0.15) is 24.9 Å². The Bertz CT molecular complexity index is 515. The molecule has 1 unspecified atom stereocenters. The Morgan fingerprint density at radius 2 is 1.95 bits per heavy atom. The molecule has 5 nitrogen and oxygen atoms in total. The van der Waals surface area contributed by atoms with Crippen LogP contribution in [-0.4, -0.2) is 51.6 Å². The fourth-order valence-corrected chi connectivity index (χ4v) is 2.70. The van der Waals surface area contributed by atoms with Crippen molar-refractivity contribution in [2.24, 2.45) is 5.73 Å². The summed E-state index contributed by atoms with van der Waals surface area (Å²) in [4.78, 5) is 18.2. The highest BCUT2D eigenvalue weighted by atomic mass is 16.2. The van der Waals surface area contributed by atoms with Crippen LogP contribution in [0.5, 0.6) is 0 Å². The summed E-state index contributed by atoms with van der Waals surface area (Å²) in [6.45, 7) is 5.17. The van der Waals surface area contributed by atoms with E-state index in [-0.39, 0.29) is 5.91 Å². The average molecular weight is 290 g/mol. The number of nitrogens with zero attached hydrogens (tertiary/aromatic N) is 3. The zero-order valence-electron chi connectivity index (χ0n) is 13.5. The van der Waals surface area contributed by atoms with E-state index in [2.05, 4.69) is 43.0 Å². The van der Waals surface area contributed by atoms with Gasteiger partial charge >= 0.3 is 0 Å². The Hall–Kier alpha value is -1.59. The minimum absolute atomic E-state index is 0.0301. The summed E-state index contributed by atoms with van der Waals surface area (Å²) in [5, 5.41) is 0. The van der Waals surface area contributed by atoms with Crippen molar-refractivity contribution >= 4 is 17.3 Å². The van der Waals surface area contributed by atoms with Gasteiger partial charge in [0, 0.05) is 37.9 Å². The maximum atomic E-state index is 12.0. The molecule has 0 radical (unpaired) electrons. The molecule has 0 saturated carbocycles. The molecule has 1 aliphatic heterocycles. The molecule has 0 aliphatic carbocycles. The lowest BCUT2D eigenvalue weighted by Crippen LogP contribution is -2.32. The van der Waals surface area contributed by atoms with Crippen molar-refractivity contribution in [1.29, 1.82) is 0 Å². The molecule has 0 saturated heterocycles. The van der Waals surface area contributed by atoms with E-state index in [1.165, 1.54) is 0 Å². The Morgan fingerprint density at radius 3 is 2.57 bits per heavy atom. The molecule has 2 rings (SSSR count). The van der Waals surface area contributed by atoms with Crippen LogP contribution in [0.25, 0.3) is 0 Å². The van der Waals surface area contributed by atoms with Crippen LogP contribution in [0.3, 0.4) is 0 Å². The lowest BCUT2D eigenvalue weighted by molar-refractivity contribution is -0.118. The SMILES string of the molecule is CCCN(CCN(C)C)c1ccc2c(c1)N(C)C(=O)C2N. The highest BCUT2D eigenvalue weighted by Crippen LogP contribution is 2.36. The van der Waals surface area contributed by atoms with E-state index in [1.54, 1.807) is 11.9 Å². The maximum absolute atomic E-state index is 12.0. The van der Waals surface area contributed by atoms with E-state index in [9.17, 15) is 4.79 Å². The zero-order valence-corrected chi connectivity index (χ0v) is 13.5. The molecule has 0 fully saturated rings. The van der Waals surface area contributed by atoms with Crippen molar-refractivity contribution < 1.29 is 4.79 Å². The van der Waals surface area contributed by atoms with Crippen molar-refractivity contribution in [2.45, 2.75) is 19.4 Å². The van der Waals surface area contributed by atoms with Gasteiger partial charge < -0.3 is 20.4 Å². The van der Waals surface area contributed by atoms with E-state index in [0.29, 0.717) is 0 Å². The number of fused-ring (bicyclic) bond motifs is 1. The van der Waals surface area contributed by atoms with Gasteiger partial charge in [0.15, 0.2) is 0 Å². The Kier molecular flexibility index (Phi) is 4.85. The predicted molar refractivity (Wildman–Crippen MR) is 87.8 cm³/mol. The summed E-state index contributed by atoms with van der Waals surface area (Å²) in [6.07, 6.45) is 1.10. The molecule has 0 spiro atoms. The molecule has 1 aromatic rings. The first-order chi connectivity index (χ1) is 9.95. The standard InChI is InChI=1S/C16H26N4O/c1-5-8-20(10-9-18(2)3)12-6-7-13-14(11-12)19(4)16(21)15(13)17/h6-7,11,15H,5,8-10,17H2,1-4H3. The summed E-state index contributed by atoms with van der Waals surface area (Å²) in [7, 11) is 5.96. The summed E-state index contributed by atoms with van der Waals surface area (Å²) in [5.41, 5.74) is 8.98. The van der Waals surface area contributed by atoms with E-state index >= 15 is 0 Å². The van der Waals surface area contributed by atoms with E-state index in [0.717, 1.165) is 43.0 Å². The number of nitrogens with two attached hydrogens (primary N) is 1. The van der Waals surface area contributed by atoms with Crippen molar-refractivity contribution in [3.8, 4) is 0 Å². The minimum atomic E-state index is -0.513. The molecular weight excluding hydrogens is 264 g/mol. The molecule has 21 heavy (non-hydrogen) atoms. The van der Waals surface area contributed by atoms with Gasteiger partial charge in [-0.15, -0.1) is 0 Å². The molecule has 1 atom stereocenters. The number of carbonyl (C=O) groups excluding carboxylic acids is 1. The van der Waals surface area contributed by atoms with Gasteiger partial charge in [0.25, 0.3) is 0 Å². The molecule has 1 heterocycles. The van der Waals surface area contributed by atoms with Gasteiger partial charge in [0.05, 0.1) is 5.69 Å². The molecule has 0 bridgehead atoms. The topological polar surface area (TPSA) is 52.8 Å². The number of amides is 1. The number of rotatable bonds is 6. The molecule has 2 N–H and O–H groups in total. The smallest absolute Gasteiger partial charge is 0.248 e. The first-order valence-corrected chi connectivity index (χ1v) is 7.52. The second-order valence-electron chi connectivity index (χ2n) is 5.91. The highest BCUT2D eigenvalue weighted by Gasteiger charge is 2.32. The van der Waals surface area contributed by atoms with Crippen molar-refractivity contribution in [2.75, 3.05) is 50.6 Å². The fourth-order valence-electron chi connectivity index (χ4n) is 2.70. The molecule has 0 aromatic heterocycles. The van der Waals surface area contributed by atoms with Crippen LogP contribution in [-0.2, 0) is 4.79 Å². The number of carbonyl (C=O) groups is 1. The Balaban J connectivity index is 2.25. The van der Waals surface area contributed by atoms with Crippen LogP contribution < -0.4 is 15.5 Å². The van der Waals surface area contributed by atoms with Gasteiger partial charge in [-0.3, -0.25) is 4.79 Å². The summed E-state index contributed by atoms with van der Waals surface area (Å²) in [6, 6.07) is 5.65. The van der Waals surface area contributed by atoms with Gasteiger partial charge in [-0.2, -0.15) is 0 Å². The molecule has 1 aromatic carbocycles. The van der Waals surface area contributed by atoms with Gasteiger partial charge in [-0.05, 0) is 32.6 Å². The highest BCUT2D eigenvalue weighted by molar-refractivity contribution is 6.04. The quantitative estimate of drug-likeness (QED) is 0.861. The number of hydrogen-bond acceptors (Lipinski definition) is 4. The van der Waals surface area contributed by atoms with Gasteiger partial charge in [0.2, 0.25) is 5.91 Å². The van der Waals surface area contributed by atoms with E-state index in [4.69, 9.17) is 5.73 Å². The largest absolute Gasteiger partial charge is 0.370 e. The van der Waals surface area contributed by atoms with Crippen LogP contribution in [0.15, 0.2) is 18.2 Å². The van der Waals surface area contributed by atoms with Gasteiger partial charge in [0.1, 0.15) is 6.04 Å². The van der Waals surface area contributed by atoms with E-state index < -0.39 is 6.04 Å². The summed E-state index contributed by atoms with van der Waals surface area (Å²) in [5.74, 6) is -0.0301. The van der Waals surface area contributed by atoms with Crippen LogP contribution >= 0.6 is 0 Å². The second-order valence-corrected chi connectivity index (χ2v) is 5.91. The molecule has 116 valence electrons. The van der Waals surface area contributed by atoms with Crippen LogP contribution in [0, 0.1) is 0 Å². The van der Waals surface area contributed by atoms with Gasteiger partial charge in [-0.25, -0.2) is 0 Å². The first-order valence-electron chi connectivity index (χ1n) is 7.52. The summed E-state index contributed by atoms with van der Waals surface area (Å²) < 4.78 is 0. The van der Waals surface area contributed by atoms with Crippen LogP contribution in [0.2, 0.25) is 0 Å².